The van der Waals surface area contributed by atoms with Crippen molar-refractivity contribution in [3.8, 4) is 17.2 Å². The molecule has 6 aromatic carbocycles. The fraction of sp³-hybridized carbons (Fsp3) is 0.0222. The van der Waals surface area contributed by atoms with Gasteiger partial charge < -0.3 is 9.47 Å². The van der Waals surface area contributed by atoms with E-state index in [1.165, 1.54) is 60.9 Å². The molecule has 0 radical (unpaired) electrons. The van der Waals surface area contributed by atoms with Gasteiger partial charge in [0.1, 0.15) is 17.8 Å². The molecule has 0 fully saturated rings. The summed E-state index contributed by atoms with van der Waals surface area (Å²) in [6, 6.07) is 54.7. The summed E-state index contributed by atoms with van der Waals surface area (Å²) in [7, 11) is 0. The molecule has 6 heteroatoms. The van der Waals surface area contributed by atoms with Crippen molar-refractivity contribution in [1.29, 1.82) is 0 Å². The molecular formula is C45H28N6. The van der Waals surface area contributed by atoms with Gasteiger partial charge in [0.25, 0.3) is 0 Å². The standard InChI is InChI=1S/C45H28N6/c1-4-14-28(15-5-1)48-36-23-13-11-21-33(36)42-43(48)40-38-34-26-46-27-47-44(34)50(30-18-8-3-9-19-30)45(38)51-35-22-12-10-20-31(35)32-24-25-37(39(40)41(32)51)49(42)29-16-6-2-7-17-29/h1-27,40H. The van der Waals surface area contributed by atoms with E-state index in [0.717, 1.165) is 33.9 Å². The van der Waals surface area contributed by atoms with E-state index in [2.05, 4.69) is 175 Å². The van der Waals surface area contributed by atoms with Crippen LogP contribution in [0.3, 0.4) is 0 Å². The van der Waals surface area contributed by atoms with Gasteiger partial charge in [-0.25, -0.2) is 9.97 Å². The lowest BCUT2D eigenvalue weighted by Crippen LogP contribution is -2.27. The third kappa shape index (κ3) is 3.36. The fourth-order valence-electron chi connectivity index (χ4n) is 9.11. The number of fused-ring (bicyclic) bond motifs is 12. The highest BCUT2D eigenvalue weighted by Crippen LogP contribution is 2.61. The smallest absolute Gasteiger partial charge is 0.149 e. The molecule has 238 valence electrons. The highest BCUT2D eigenvalue weighted by Gasteiger charge is 2.45. The van der Waals surface area contributed by atoms with Gasteiger partial charge in [-0.2, -0.15) is 0 Å². The third-order valence-electron chi connectivity index (χ3n) is 11.0. The average molecular weight is 653 g/mol. The van der Waals surface area contributed by atoms with Gasteiger partial charge in [-0.3, -0.25) is 9.13 Å². The van der Waals surface area contributed by atoms with Crippen LogP contribution in [0.15, 0.2) is 164 Å². The highest BCUT2D eigenvalue weighted by molar-refractivity contribution is 6.16. The molecule has 4 aromatic heterocycles. The molecule has 6 nitrogen and oxygen atoms in total. The number of benzene rings is 6. The zero-order chi connectivity index (χ0) is 33.2. The molecule has 0 saturated heterocycles. The minimum absolute atomic E-state index is 0.128. The molecule has 2 aliphatic heterocycles. The number of hydrogen-bond donors (Lipinski definition) is 0. The number of para-hydroxylation sites is 5. The monoisotopic (exact) mass is 652 g/mol. The minimum atomic E-state index is -0.128. The quantitative estimate of drug-likeness (QED) is 0.191. The second-order valence-electron chi connectivity index (χ2n) is 13.4. The highest BCUT2D eigenvalue weighted by atomic mass is 15.2. The van der Waals surface area contributed by atoms with E-state index >= 15 is 0 Å². The van der Waals surface area contributed by atoms with E-state index in [1.54, 1.807) is 6.33 Å². The van der Waals surface area contributed by atoms with Crippen molar-refractivity contribution in [2.45, 2.75) is 5.92 Å². The van der Waals surface area contributed by atoms with Crippen LogP contribution in [0.25, 0.3) is 60.9 Å². The van der Waals surface area contributed by atoms with E-state index in [0.29, 0.717) is 0 Å². The summed E-state index contributed by atoms with van der Waals surface area (Å²) in [5.41, 5.74) is 13.9. The van der Waals surface area contributed by atoms with Crippen molar-refractivity contribution < 1.29 is 0 Å². The normalized spacial score (nSPS) is 14.4. The summed E-state index contributed by atoms with van der Waals surface area (Å²) in [5.74, 6) is 0.984. The van der Waals surface area contributed by atoms with Crippen LogP contribution in [0.5, 0.6) is 0 Å². The van der Waals surface area contributed by atoms with Crippen molar-refractivity contribution in [3.05, 3.63) is 181 Å². The van der Waals surface area contributed by atoms with Crippen LogP contribution in [0, 0.1) is 0 Å². The van der Waals surface area contributed by atoms with Crippen LogP contribution < -0.4 is 4.90 Å². The van der Waals surface area contributed by atoms with Crippen molar-refractivity contribution in [3.63, 3.8) is 0 Å². The molecule has 51 heavy (non-hydrogen) atoms. The lowest BCUT2D eigenvalue weighted by atomic mass is 9.80. The Hall–Kier alpha value is -6.92. The molecule has 0 bridgehead atoms. The van der Waals surface area contributed by atoms with Crippen molar-refractivity contribution in [1.82, 2.24) is 23.7 Å². The number of anilines is 3. The second-order valence-corrected chi connectivity index (χ2v) is 13.4. The Morgan fingerprint density at radius 3 is 1.80 bits per heavy atom. The van der Waals surface area contributed by atoms with Crippen molar-refractivity contribution in [2.24, 2.45) is 0 Å². The van der Waals surface area contributed by atoms with Gasteiger partial charge in [0, 0.05) is 55.9 Å². The zero-order valence-corrected chi connectivity index (χ0v) is 27.3. The molecule has 0 spiro atoms. The van der Waals surface area contributed by atoms with Crippen LogP contribution in [0.2, 0.25) is 0 Å². The topological polar surface area (TPSA) is 43.8 Å². The lowest BCUT2D eigenvalue weighted by molar-refractivity contribution is 0.825. The Morgan fingerprint density at radius 2 is 1.08 bits per heavy atom. The summed E-state index contributed by atoms with van der Waals surface area (Å²) in [6.45, 7) is 0. The van der Waals surface area contributed by atoms with Crippen molar-refractivity contribution in [2.75, 3.05) is 4.90 Å². The first-order chi connectivity index (χ1) is 25.4. The maximum atomic E-state index is 5.03. The van der Waals surface area contributed by atoms with Crippen LogP contribution in [-0.2, 0) is 0 Å². The maximum absolute atomic E-state index is 5.03. The summed E-state index contributed by atoms with van der Waals surface area (Å²) in [5, 5.41) is 4.74. The first-order valence-electron chi connectivity index (χ1n) is 17.4. The molecule has 6 heterocycles. The molecular weight excluding hydrogens is 625 g/mol. The lowest BCUT2D eigenvalue weighted by Gasteiger charge is -2.40. The van der Waals surface area contributed by atoms with E-state index < -0.39 is 0 Å². The first kappa shape index (κ1) is 27.0. The molecule has 0 saturated carbocycles. The van der Waals surface area contributed by atoms with Gasteiger partial charge >= 0.3 is 0 Å². The van der Waals surface area contributed by atoms with Crippen LogP contribution in [0.1, 0.15) is 22.7 Å². The predicted octanol–water partition coefficient (Wildman–Crippen LogP) is 10.7. The van der Waals surface area contributed by atoms with Gasteiger partial charge in [0.05, 0.1) is 39.5 Å². The van der Waals surface area contributed by atoms with Gasteiger partial charge in [0.15, 0.2) is 0 Å². The summed E-state index contributed by atoms with van der Waals surface area (Å²) in [4.78, 5) is 12.2. The average Bonchev–Trinajstić information content (AvgIpc) is 3.85. The summed E-state index contributed by atoms with van der Waals surface area (Å²) < 4.78 is 7.37. The number of rotatable bonds is 3. The summed E-state index contributed by atoms with van der Waals surface area (Å²) >= 11 is 0. The Labute approximate surface area is 292 Å². The van der Waals surface area contributed by atoms with Crippen LogP contribution in [0.4, 0.5) is 17.1 Å². The number of nitrogens with zero attached hydrogens (tertiary/aromatic N) is 6. The largest absolute Gasteiger partial charge is 0.310 e. The molecule has 0 aliphatic carbocycles. The Morgan fingerprint density at radius 1 is 0.471 bits per heavy atom. The molecule has 10 aromatic rings. The minimum Gasteiger partial charge on any atom is -0.310 e. The number of hydrogen-bond acceptors (Lipinski definition) is 3. The summed E-state index contributed by atoms with van der Waals surface area (Å²) in [6.07, 6.45) is 3.70. The zero-order valence-electron chi connectivity index (χ0n) is 27.3. The van der Waals surface area contributed by atoms with E-state index in [4.69, 9.17) is 4.98 Å². The predicted molar refractivity (Wildman–Crippen MR) is 206 cm³/mol. The molecule has 2 aliphatic rings. The van der Waals surface area contributed by atoms with E-state index in [-0.39, 0.29) is 5.92 Å². The molecule has 1 unspecified atom stereocenters. The molecule has 12 rings (SSSR count). The van der Waals surface area contributed by atoms with Crippen LogP contribution >= 0.6 is 0 Å². The molecule has 0 N–H and O–H groups in total. The first-order valence-corrected chi connectivity index (χ1v) is 17.4. The third-order valence-corrected chi connectivity index (χ3v) is 11.0. The van der Waals surface area contributed by atoms with Crippen LogP contribution in [-0.4, -0.2) is 23.7 Å². The molecule has 0 amide bonds. The van der Waals surface area contributed by atoms with Gasteiger partial charge in [0.2, 0.25) is 0 Å². The van der Waals surface area contributed by atoms with E-state index in [9.17, 15) is 0 Å². The second kappa shape index (κ2) is 9.83. The van der Waals surface area contributed by atoms with Gasteiger partial charge in [-0.05, 0) is 54.6 Å². The van der Waals surface area contributed by atoms with E-state index in [1.807, 2.05) is 6.20 Å². The Kier molecular flexibility index (Phi) is 5.20. The number of aromatic nitrogens is 5. The maximum Gasteiger partial charge on any atom is 0.149 e. The van der Waals surface area contributed by atoms with Gasteiger partial charge in [-0.1, -0.05) is 97.1 Å². The SMILES string of the molecule is c1ccc(N2c3ccc4c5ccccc5n5c4c3C(c3c-5n(-c4ccccc4)c4ncncc34)c3c2c2ccccc2n3-c2ccccc2)cc1. The fourth-order valence-corrected chi connectivity index (χ4v) is 9.11. The van der Waals surface area contributed by atoms with Crippen molar-refractivity contribution >= 4 is 60.8 Å². The Balaban J connectivity index is 1.37. The molecule has 1 atom stereocenters. The van der Waals surface area contributed by atoms with Gasteiger partial charge in [-0.15, -0.1) is 0 Å². The Bertz CT molecular complexity index is 3030.